The van der Waals surface area contributed by atoms with Gasteiger partial charge in [0, 0.05) is 57.5 Å². The summed E-state index contributed by atoms with van der Waals surface area (Å²) in [5.74, 6) is 0. The van der Waals surface area contributed by atoms with Crippen LogP contribution in [0.3, 0.4) is 0 Å². The molecular formula is C24H22ClN5OS. The lowest BCUT2D eigenvalue weighted by molar-refractivity contribution is 0.681. The van der Waals surface area contributed by atoms with Crippen LogP contribution in [-0.4, -0.2) is 21.7 Å². The first-order chi connectivity index (χ1) is 15.4. The van der Waals surface area contributed by atoms with Gasteiger partial charge in [0.05, 0.1) is 20.9 Å². The van der Waals surface area contributed by atoms with Gasteiger partial charge in [-0.15, -0.1) is 0 Å². The first-order valence-corrected chi connectivity index (χ1v) is 12.2. The Bertz CT molecular complexity index is 1380. The van der Waals surface area contributed by atoms with Gasteiger partial charge in [-0.25, -0.2) is 4.21 Å². The Hall–Kier alpha value is -3.42. The number of nitrogens with zero attached hydrogens (tertiary/aromatic N) is 3. The fourth-order valence-corrected chi connectivity index (χ4v) is 4.77. The van der Waals surface area contributed by atoms with Crippen LogP contribution < -0.4 is 10.7 Å². The van der Waals surface area contributed by atoms with Crippen molar-refractivity contribution in [1.29, 1.82) is 0 Å². The molecule has 0 unspecified atom stereocenters. The Labute approximate surface area is 192 Å². The van der Waals surface area contributed by atoms with Gasteiger partial charge in [-0.3, -0.25) is 10.4 Å². The number of anilines is 1. The summed E-state index contributed by atoms with van der Waals surface area (Å²) in [6.45, 7) is 4.05. The average Bonchev–Trinajstić information content (AvgIpc) is 3.27. The smallest absolute Gasteiger partial charge is 0.0771 e. The second kappa shape index (κ2) is 9.38. The number of fused-ring (bicyclic) bond motifs is 1. The van der Waals surface area contributed by atoms with E-state index in [-0.39, 0.29) is 0 Å². The Kier molecular flexibility index (Phi) is 6.39. The molecule has 2 heterocycles. The van der Waals surface area contributed by atoms with Crippen molar-refractivity contribution >= 4 is 49.8 Å². The van der Waals surface area contributed by atoms with Crippen molar-refractivity contribution in [3.05, 3.63) is 96.0 Å². The van der Waals surface area contributed by atoms with Gasteiger partial charge >= 0.3 is 0 Å². The zero-order valence-electron chi connectivity index (χ0n) is 17.5. The number of nitrogens with one attached hydrogen (secondary N) is 2. The first-order valence-electron chi connectivity index (χ1n) is 9.88. The predicted molar refractivity (Wildman–Crippen MR) is 134 cm³/mol. The van der Waals surface area contributed by atoms with E-state index in [1.54, 1.807) is 24.7 Å². The maximum atomic E-state index is 13.2. The molecule has 1 aromatic heterocycles. The molecule has 0 aliphatic carbocycles. The molecule has 4 rings (SSSR count). The van der Waals surface area contributed by atoms with Crippen molar-refractivity contribution in [2.24, 2.45) is 9.46 Å². The zero-order chi connectivity index (χ0) is 22.6. The molecule has 0 bridgehead atoms. The summed E-state index contributed by atoms with van der Waals surface area (Å²) >= 11 is 6.33. The molecule has 6 nitrogen and oxygen atoms in total. The van der Waals surface area contributed by atoms with Crippen LogP contribution >= 0.6 is 11.6 Å². The highest BCUT2D eigenvalue weighted by molar-refractivity contribution is 7.93. The number of allylic oxidation sites excluding steroid dienone is 4. The Morgan fingerprint density at radius 1 is 1.25 bits per heavy atom. The fraction of sp³-hybridized carbons (Fsp3) is 0.0833. The second-order valence-corrected chi connectivity index (χ2v) is 9.94. The lowest BCUT2D eigenvalue weighted by Crippen LogP contribution is -1.99. The van der Waals surface area contributed by atoms with Crippen molar-refractivity contribution in [2.75, 3.05) is 11.6 Å². The number of hydrogen-bond acceptors (Lipinski definition) is 6. The molecule has 0 amide bonds. The van der Waals surface area contributed by atoms with Crippen LogP contribution in [0, 0.1) is 0 Å². The summed E-state index contributed by atoms with van der Waals surface area (Å²) in [6.07, 6.45) is 9.40. The highest BCUT2D eigenvalue weighted by Crippen LogP contribution is 2.29. The minimum atomic E-state index is -2.58. The van der Waals surface area contributed by atoms with E-state index < -0.39 is 9.73 Å². The van der Waals surface area contributed by atoms with E-state index in [0.29, 0.717) is 21.3 Å². The number of halogens is 1. The average molecular weight is 464 g/mol. The molecule has 1 atom stereocenters. The molecule has 1 aliphatic rings. The van der Waals surface area contributed by atoms with Crippen LogP contribution in [0.15, 0.2) is 110 Å². The highest BCUT2D eigenvalue weighted by Gasteiger charge is 2.08. The van der Waals surface area contributed by atoms with Gasteiger partial charge in [0.2, 0.25) is 0 Å². The Morgan fingerprint density at radius 2 is 2.06 bits per heavy atom. The molecule has 162 valence electrons. The summed E-state index contributed by atoms with van der Waals surface area (Å²) in [4.78, 5) is 5.11. The van der Waals surface area contributed by atoms with Crippen molar-refractivity contribution in [1.82, 2.24) is 10.4 Å². The molecule has 0 saturated heterocycles. The van der Waals surface area contributed by atoms with Gasteiger partial charge in [-0.2, -0.15) is 9.46 Å². The van der Waals surface area contributed by atoms with Gasteiger partial charge < -0.3 is 5.32 Å². The zero-order valence-corrected chi connectivity index (χ0v) is 19.0. The second-order valence-electron chi connectivity index (χ2n) is 7.24. The summed E-state index contributed by atoms with van der Waals surface area (Å²) < 4.78 is 17.7. The third-order valence-electron chi connectivity index (χ3n) is 4.72. The molecule has 0 fully saturated rings. The van der Waals surface area contributed by atoms with E-state index in [1.165, 1.54) is 0 Å². The standard InChI is InChI=1S/C24H22ClN5OS/c1-17(14-18(25)15-19-10-13-27-29-19)28-24-11-12-26-23-9-8-20(16-22(23)24)30-32(2,31)21-6-4-3-5-7-21/h3-9,11-16,29H,1,10H2,2H3,(H,26,28)/b18-14+,19-15+/t32-/m1/s1. The lowest BCUT2D eigenvalue weighted by atomic mass is 10.1. The molecule has 8 heteroatoms. The van der Waals surface area contributed by atoms with Crippen LogP contribution in [0.25, 0.3) is 10.9 Å². The highest BCUT2D eigenvalue weighted by atomic mass is 35.5. The van der Waals surface area contributed by atoms with E-state index in [2.05, 4.69) is 31.8 Å². The molecule has 0 saturated carbocycles. The summed E-state index contributed by atoms with van der Waals surface area (Å²) in [6, 6.07) is 16.7. The molecule has 3 aromatic rings. The molecular weight excluding hydrogens is 442 g/mol. The van der Waals surface area contributed by atoms with Gasteiger partial charge in [0.15, 0.2) is 0 Å². The molecule has 32 heavy (non-hydrogen) atoms. The van der Waals surface area contributed by atoms with Crippen LogP contribution in [0.2, 0.25) is 0 Å². The van der Waals surface area contributed by atoms with Crippen molar-refractivity contribution in [3.8, 4) is 0 Å². The summed E-state index contributed by atoms with van der Waals surface area (Å²) in [5, 5.41) is 8.59. The van der Waals surface area contributed by atoms with Gasteiger partial charge in [-0.05, 0) is 48.6 Å². The first kappa shape index (κ1) is 21.8. The van der Waals surface area contributed by atoms with Gasteiger partial charge in [0.1, 0.15) is 0 Å². The Morgan fingerprint density at radius 3 is 2.81 bits per heavy atom. The molecule has 0 spiro atoms. The number of aromatic nitrogens is 1. The summed E-state index contributed by atoms with van der Waals surface area (Å²) in [7, 11) is -2.58. The summed E-state index contributed by atoms with van der Waals surface area (Å²) in [5.41, 5.74) is 6.62. The van der Waals surface area contributed by atoms with Crippen molar-refractivity contribution in [3.63, 3.8) is 0 Å². The fourth-order valence-electron chi connectivity index (χ4n) is 3.22. The normalized spacial score (nSPS) is 16.6. The number of benzene rings is 2. The minimum Gasteiger partial charge on any atom is -0.355 e. The maximum absolute atomic E-state index is 13.2. The lowest BCUT2D eigenvalue weighted by Gasteiger charge is -2.11. The molecule has 2 aromatic carbocycles. The number of pyridine rings is 1. The third kappa shape index (κ3) is 5.25. The largest absolute Gasteiger partial charge is 0.355 e. The number of hydrazone groups is 1. The van der Waals surface area contributed by atoms with Crippen LogP contribution in [0.5, 0.6) is 0 Å². The predicted octanol–water partition coefficient (Wildman–Crippen LogP) is 5.93. The molecule has 0 radical (unpaired) electrons. The quantitative estimate of drug-likeness (QED) is 0.444. The van der Waals surface area contributed by atoms with Crippen molar-refractivity contribution < 1.29 is 4.21 Å². The van der Waals surface area contributed by atoms with E-state index >= 15 is 0 Å². The van der Waals surface area contributed by atoms with E-state index in [4.69, 9.17) is 11.6 Å². The van der Waals surface area contributed by atoms with Gasteiger partial charge in [0.25, 0.3) is 0 Å². The Balaban J connectivity index is 1.63. The van der Waals surface area contributed by atoms with Gasteiger partial charge in [-0.1, -0.05) is 36.4 Å². The van der Waals surface area contributed by atoms with Crippen LogP contribution in [0.4, 0.5) is 11.4 Å². The van der Waals surface area contributed by atoms with Crippen LogP contribution in [0.1, 0.15) is 6.42 Å². The van der Waals surface area contributed by atoms with Crippen LogP contribution in [-0.2, 0) is 9.73 Å². The number of hydrogen-bond donors (Lipinski definition) is 2. The maximum Gasteiger partial charge on any atom is 0.0771 e. The monoisotopic (exact) mass is 463 g/mol. The molecule has 2 N–H and O–H groups in total. The number of rotatable bonds is 6. The van der Waals surface area contributed by atoms with Crippen molar-refractivity contribution in [2.45, 2.75) is 11.3 Å². The van der Waals surface area contributed by atoms with E-state index in [9.17, 15) is 4.21 Å². The molecule has 1 aliphatic heterocycles. The topological polar surface area (TPSA) is 78.7 Å². The SMILES string of the molecule is C=C(/C=C(Cl)\C=C1/CC=NN1)Nc1ccnc2ccc(N=[S@](C)(=O)c3ccccc3)cc12. The van der Waals surface area contributed by atoms with E-state index in [0.717, 1.165) is 28.7 Å². The minimum absolute atomic E-state index is 0.526. The van der Waals surface area contributed by atoms with E-state index in [1.807, 2.05) is 60.7 Å². The third-order valence-corrected chi connectivity index (χ3v) is 6.64.